The van der Waals surface area contributed by atoms with Crippen molar-refractivity contribution in [3.63, 3.8) is 0 Å². The highest BCUT2D eigenvalue weighted by Crippen LogP contribution is 2.35. The molecule has 2 aromatic rings. The van der Waals surface area contributed by atoms with Gasteiger partial charge in [0.1, 0.15) is 11.5 Å². The Kier molecular flexibility index (Phi) is 5.86. The first-order chi connectivity index (χ1) is 13.0. The van der Waals surface area contributed by atoms with Crippen molar-refractivity contribution in [1.29, 1.82) is 0 Å². The molecular formula is C20H20ClNO5. The first kappa shape index (κ1) is 19.0. The second kappa shape index (κ2) is 8.31. The highest BCUT2D eigenvalue weighted by molar-refractivity contribution is 6.30. The van der Waals surface area contributed by atoms with Crippen LogP contribution in [0, 0.1) is 0 Å². The summed E-state index contributed by atoms with van der Waals surface area (Å²) in [5, 5.41) is 9.78. The average Bonchev–Trinajstić information content (AvgIpc) is 2.65. The van der Waals surface area contributed by atoms with Gasteiger partial charge < -0.3 is 19.5 Å². The minimum absolute atomic E-state index is 0.131. The van der Waals surface area contributed by atoms with Gasteiger partial charge in [-0.15, -0.1) is 0 Å². The number of benzene rings is 2. The Morgan fingerprint density at radius 3 is 2.67 bits per heavy atom. The molecule has 0 saturated carbocycles. The van der Waals surface area contributed by atoms with Crippen LogP contribution in [-0.2, 0) is 4.79 Å². The maximum Gasteiger partial charge on any atom is 0.335 e. The maximum atomic E-state index is 12.5. The lowest BCUT2D eigenvalue weighted by Crippen LogP contribution is -2.45. The molecule has 1 heterocycles. The van der Waals surface area contributed by atoms with Gasteiger partial charge in [-0.3, -0.25) is 4.79 Å². The third-order valence-corrected chi connectivity index (χ3v) is 4.53. The topological polar surface area (TPSA) is 76.1 Å². The summed E-state index contributed by atoms with van der Waals surface area (Å²) in [6.45, 7) is 2.70. The van der Waals surface area contributed by atoms with Crippen LogP contribution in [0.2, 0.25) is 5.02 Å². The normalized spacial score (nSPS) is 15.9. The molecule has 0 radical (unpaired) electrons. The average molecular weight is 390 g/mol. The van der Waals surface area contributed by atoms with Crippen LogP contribution >= 0.6 is 11.6 Å². The van der Waals surface area contributed by atoms with Gasteiger partial charge in [0.25, 0.3) is 5.91 Å². The van der Waals surface area contributed by atoms with Gasteiger partial charge in [0, 0.05) is 11.6 Å². The van der Waals surface area contributed by atoms with Gasteiger partial charge in [-0.1, -0.05) is 11.6 Å². The van der Waals surface area contributed by atoms with Crippen LogP contribution in [0.15, 0.2) is 42.5 Å². The van der Waals surface area contributed by atoms with Crippen LogP contribution in [0.4, 0.5) is 5.69 Å². The molecule has 0 aliphatic carbocycles. The van der Waals surface area contributed by atoms with Gasteiger partial charge in [-0.2, -0.15) is 0 Å². The number of carboxylic acids is 1. The van der Waals surface area contributed by atoms with E-state index in [2.05, 4.69) is 0 Å². The van der Waals surface area contributed by atoms with Gasteiger partial charge >= 0.3 is 5.97 Å². The Bertz CT molecular complexity index is 837. The van der Waals surface area contributed by atoms with Crippen molar-refractivity contribution in [2.45, 2.75) is 25.9 Å². The highest BCUT2D eigenvalue weighted by atomic mass is 35.5. The van der Waals surface area contributed by atoms with Gasteiger partial charge in [0.15, 0.2) is 6.10 Å². The monoisotopic (exact) mass is 389 g/mol. The van der Waals surface area contributed by atoms with E-state index in [9.17, 15) is 9.59 Å². The van der Waals surface area contributed by atoms with Gasteiger partial charge in [0.2, 0.25) is 0 Å². The van der Waals surface area contributed by atoms with Crippen LogP contribution in [0.5, 0.6) is 11.5 Å². The minimum atomic E-state index is -1.03. The third kappa shape index (κ3) is 4.52. The lowest BCUT2D eigenvalue weighted by Gasteiger charge is -2.33. The maximum absolute atomic E-state index is 12.5. The largest absolute Gasteiger partial charge is 0.494 e. The number of fused-ring (bicyclic) bond motifs is 1. The van der Waals surface area contributed by atoms with E-state index >= 15 is 0 Å². The summed E-state index contributed by atoms with van der Waals surface area (Å²) in [6.07, 6.45) is 0.864. The minimum Gasteiger partial charge on any atom is -0.494 e. The summed E-state index contributed by atoms with van der Waals surface area (Å²) in [5.74, 6) is 0.00229. The first-order valence-corrected chi connectivity index (χ1v) is 9.07. The molecule has 1 unspecified atom stereocenters. The van der Waals surface area contributed by atoms with Crippen molar-refractivity contribution in [2.24, 2.45) is 0 Å². The fraction of sp³-hybridized carbons (Fsp3) is 0.300. The Morgan fingerprint density at radius 1 is 1.22 bits per heavy atom. The summed E-state index contributed by atoms with van der Waals surface area (Å²) in [7, 11) is 0. The Labute approximate surface area is 162 Å². The van der Waals surface area contributed by atoms with Crippen LogP contribution in [0.25, 0.3) is 0 Å². The summed E-state index contributed by atoms with van der Waals surface area (Å²) >= 11 is 5.84. The number of nitrogens with zero attached hydrogens (tertiary/aromatic N) is 1. The van der Waals surface area contributed by atoms with Crippen molar-refractivity contribution < 1.29 is 24.2 Å². The molecule has 142 valence electrons. The summed E-state index contributed by atoms with van der Waals surface area (Å²) in [4.78, 5) is 25.3. The van der Waals surface area contributed by atoms with E-state index < -0.39 is 12.1 Å². The first-order valence-electron chi connectivity index (χ1n) is 8.69. The van der Waals surface area contributed by atoms with E-state index in [0.717, 1.165) is 18.6 Å². The van der Waals surface area contributed by atoms with E-state index in [0.29, 0.717) is 29.6 Å². The molecule has 0 bridgehead atoms. The number of carbonyl (C=O) groups is 2. The number of ether oxygens (including phenoxy) is 2. The van der Waals surface area contributed by atoms with Crippen LogP contribution in [0.1, 0.15) is 30.1 Å². The van der Waals surface area contributed by atoms with Crippen LogP contribution in [-0.4, -0.2) is 36.2 Å². The summed E-state index contributed by atoms with van der Waals surface area (Å²) in [5.41, 5.74) is 0.730. The van der Waals surface area contributed by atoms with Gasteiger partial charge in [-0.05, 0) is 62.2 Å². The van der Waals surface area contributed by atoms with E-state index in [1.54, 1.807) is 30.0 Å². The van der Waals surface area contributed by atoms with E-state index in [1.807, 2.05) is 12.1 Å². The third-order valence-electron chi connectivity index (χ3n) is 4.27. The molecule has 27 heavy (non-hydrogen) atoms. The molecule has 3 rings (SSSR count). The molecular weight excluding hydrogens is 370 g/mol. The molecule has 7 heteroatoms. The Hall–Kier alpha value is -2.73. The van der Waals surface area contributed by atoms with Crippen molar-refractivity contribution in [3.8, 4) is 11.5 Å². The lowest BCUT2D eigenvalue weighted by molar-refractivity contribution is -0.125. The van der Waals surface area contributed by atoms with Gasteiger partial charge in [0.05, 0.1) is 17.9 Å². The van der Waals surface area contributed by atoms with E-state index in [-0.39, 0.29) is 11.5 Å². The van der Waals surface area contributed by atoms with Crippen LogP contribution in [0.3, 0.4) is 0 Å². The zero-order valence-corrected chi connectivity index (χ0v) is 15.6. The van der Waals surface area contributed by atoms with E-state index in [1.165, 1.54) is 12.1 Å². The Balaban J connectivity index is 1.58. The quantitative estimate of drug-likeness (QED) is 0.724. The molecule has 6 nitrogen and oxygen atoms in total. The zero-order valence-electron chi connectivity index (χ0n) is 14.9. The molecule has 0 spiro atoms. The molecule has 0 fully saturated rings. The molecule has 1 atom stereocenters. The summed E-state index contributed by atoms with van der Waals surface area (Å²) < 4.78 is 11.2. The van der Waals surface area contributed by atoms with Crippen molar-refractivity contribution in [2.75, 3.05) is 18.1 Å². The number of hydrogen-bond acceptors (Lipinski definition) is 4. The number of amides is 1. The molecule has 1 aliphatic heterocycles. The van der Waals surface area contributed by atoms with Crippen molar-refractivity contribution in [1.82, 2.24) is 0 Å². The van der Waals surface area contributed by atoms with Crippen molar-refractivity contribution >= 4 is 29.2 Å². The predicted octanol–water partition coefficient (Wildman–Crippen LogP) is 4.01. The highest BCUT2D eigenvalue weighted by Gasteiger charge is 2.31. The number of rotatable bonds is 7. The molecule has 1 aliphatic rings. The molecule has 1 N–H and O–H groups in total. The SMILES string of the molecule is CC1Oc2cc(C(=O)O)ccc2N(CCCCOc2ccc(Cl)cc2)C1=O. The molecule has 1 amide bonds. The fourth-order valence-corrected chi connectivity index (χ4v) is 2.99. The number of carboxylic acid groups (broad SMARTS) is 1. The number of anilines is 1. The number of halogens is 1. The smallest absolute Gasteiger partial charge is 0.335 e. The van der Waals surface area contributed by atoms with E-state index in [4.69, 9.17) is 26.2 Å². The predicted molar refractivity (Wildman–Crippen MR) is 102 cm³/mol. The second-order valence-corrected chi connectivity index (χ2v) is 6.68. The molecule has 0 saturated heterocycles. The second-order valence-electron chi connectivity index (χ2n) is 6.25. The molecule has 0 aromatic heterocycles. The lowest BCUT2D eigenvalue weighted by atomic mass is 10.1. The number of carbonyl (C=O) groups excluding carboxylic acids is 1. The fourth-order valence-electron chi connectivity index (χ4n) is 2.87. The van der Waals surface area contributed by atoms with Crippen molar-refractivity contribution in [3.05, 3.63) is 53.1 Å². The van der Waals surface area contributed by atoms with Gasteiger partial charge in [-0.25, -0.2) is 4.79 Å². The Morgan fingerprint density at radius 2 is 1.96 bits per heavy atom. The zero-order chi connectivity index (χ0) is 19.4. The number of hydrogen-bond donors (Lipinski definition) is 1. The number of aromatic carboxylic acids is 1. The van der Waals surface area contributed by atoms with Crippen LogP contribution < -0.4 is 14.4 Å². The summed E-state index contributed by atoms with van der Waals surface area (Å²) in [6, 6.07) is 11.7. The number of unbranched alkanes of at least 4 members (excludes halogenated alkanes) is 1. The molecule has 2 aromatic carbocycles. The standard InChI is InChI=1S/C20H20ClNO5/c1-13-19(23)22(17-9-4-14(20(24)25)12-18(17)27-13)10-2-3-11-26-16-7-5-15(21)6-8-16/h4-9,12-13H,2-3,10-11H2,1H3,(H,24,25).